The van der Waals surface area contributed by atoms with E-state index in [2.05, 4.69) is 19.7 Å². The Hall–Kier alpha value is -2.53. The van der Waals surface area contributed by atoms with Gasteiger partial charge in [0.15, 0.2) is 0 Å². The zero-order valence-corrected chi connectivity index (χ0v) is 27.0. The van der Waals surface area contributed by atoms with Crippen molar-refractivity contribution in [1.82, 2.24) is 14.8 Å². The van der Waals surface area contributed by atoms with Crippen molar-refractivity contribution in [2.75, 3.05) is 57.0 Å². The van der Waals surface area contributed by atoms with Crippen LogP contribution in [0.25, 0.3) is 10.9 Å². The van der Waals surface area contributed by atoms with Crippen molar-refractivity contribution in [3.05, 3.63) is 48.7 Å². The summed E-state index contributed by atoms with van der Waals surface area (Å²) in [5.74, 6) is 0.635. The van der Waals surface area contributed by atoms with Crippen LogP contribution in [-0.4, -0.2) is 91.6 Å². The van der Waals surface area contributed by atoms with Crippen LogP contribution in [0.1, 0.15) is 51.9 Å². The number of piperidine rings is 3. The summed E-state index contributed by atoms with van der Waals surface area (Å²) in [6, 6.07) is 13.4. The zero-order valence-electron chi connectivity index (χ0n) is 25.4. The van der Waals surface area contributed by atoms with Gasteiger partial charge in [-0.1, -0.05) is 6.42 Å². The van der Waals surface area contributed by atoms with Gasteiger partial charge in [0, 0.05) is 58.7 Å². The van der Waals surface area contributed by atoms with Crippen LogP contribution in [0.2, 0.25) is 0 Å². The van der Waals surface area contributed by atoms with Crippen LogP contribution in [0.3, 0.4) is 0 Å². The molecule has 1 aromatic heterocycles. The quantitative estimate of drug-likeness (QED) is 0.342. The second-order valence-corrected chi connectivity index (χ2v) is 15.4. The van der Waals surface area contributed by atoms with E-state index in [1.165, 1.54) is 51.4 Å². The summed E-state index contributed by atoms with van der Waals surface area (Å²) in [7, 11) is -5.08. The number of hydrogen-bond acceptors (Lipinski definition) is 8. The minimum absolute atomic E-state index is 0.198. The van der Waals surface area contributed by atoms with Crippen LogP contribution in [0.5, 0.6) is 5.75 Å². The predicted octanol–water partition coefficient (Wildman–Crippen LogP) is 5.12. The van der Waals surface area contributed by atoms with Gasteiger partial charge in [-0.25, -0.2) is 8.42 Å². The van der Waals surface area contributed by atoms with Crippen molar-refractivity contribution >= 4 is 37.2 Å². The van der Waals surface area contributed by atoms with Crippen molar-refractivity contribution in [2.24, 2.45) is 0 Å². The van der Waals surface area contributed by atoms with Crippen LogP contribution in [0.4, 0.5) is 5.69 Å². The van der Waals surface area contributed by atoms with Crippen LogP contribution < -0.4 is 9.64 Å². The molecule has 6 rings (SSSR count). The van der Waals surface area contributed by atoms with Crippen molar-refractivity contribution < 1.29 is 17.4 Å². The topological polar surface area (TPSA) is 83.0 Å². The van der Waals surface area contributed by atoms with E-state index >= 15 is 0 Å². The summed E-state index contributed by atoms with van der Waals surface area (Å²) in [6.45, 7) is 8.76. The number of pyridine rings is 1. The van der Waals surface area contributed by atoms with Crippen molar-refractivity contribution in [3.63, 3.8) is 0 Å². The smallest absolute Gasteiger partial charge is 0.210 e. The molecule has 0 unspecified atom stereocenters. The highest BCUT2D eigenvalue weighted by molar-refractivity contribution is 7.91. The fourth-order valence-corrected chi connectivity index (χ4v) is 9.18. The molecule has 3 saturated heterocycles. The third kappa shape index (κ3) is 6.48. The Morgan fingerprint density at radius 2 is 1.49 bits per heavy atom. The summed E-state index contributed by atoms with van der Waals surface area (Å²) in [6.07, 6.45) is 11.7. The first-order valence-corrected chi connectivity index (χ1v) is 18.9. The van der Waals surface area contributed by atoms with Gasteiger partial charge >= 0.3 is 0 Å². The minimum atomic E-state index is -3.88. The van der Waals surface area contributed by atoms with Crippen molar-refractivity contribution in [3.8, 4) is 5.75 Å². The van der Waals surface area contributed by atoms with Gasteiger partial charge in [-0.2, -0.15) is 0 Å². The molecule has 4 heterocycles. The third-order valence-corrected chi connectivity index (χ3v) is 12.2. The second-order valence-electron chi connectivity index (χ2n) is 12.1. The lowest BCUT2D eigenvalue weighted by Crippen LogP contribution is -2.52. The predicted molar refractivity (Wildman–Crippen MR) is 172 cm³/mol. The molecule has 3 aromatic rings. The highest BCUT2D eigenvalue weighted by Gasteiger charge is 2.33. The molecular formula is C33H44N4O4S2. The van der Waals surface area contributed by atoms with E-state index in [-0.39, 0.29) is 9.79 Å². The van der Waals surface area contributed by atoms with E-state index < -0.39 is 20.6 Å². The molecule has 0 N–H and O–H groups in total. The molecule has 8 nitrogen and oxygen atoms in total. The first-order valence-electron chi connectivity index (χ1n) is 15.8. The molecular weight excluding hydrogens is 581 g/mol. The van der Waals surface area contributed by atoms with E-state index in [0.29, 0.717) is 34.5 Å². The Morgan fingerprint density at radius 1 is 0.860 bits per heavy atom. The number of likely N-dealkylation sites (tertiary alicyclic amines) is 2. The van der Waals surface area contributed by atoms with Gasteiger partial charge < -0.3 is 19.4 Å². The van der Waals surface area contributed by atoms with E-state index in [1.54, 1.807) is 30.5 Å². The summed E-state index contributed by atoms with van der Waals surface area (Å²) in [5.41, 5.74) is 1.38. The lowest BCUT2D eigenvalue weighted by Gasteiger charge is -2.45. The molecule has 3 fully saturated rings. The number of fused-ring (bicyclic) bond motifs is 1. The Kier molecular flexibility index (Phi) is 9.38. The maximum Gasteiger partial charge on any atom is 0.210 e. The Balaban J connectivity index is 1.26. The first kappa shape index (κ1) is 30.5. The molecule has 0 radical (unpaired) electrons. The normalized spacial score (nSPS) is 20.8. The molecule has 232 valence electrons. The summed E-state index contributed by atoms with van der Waals surface area (Å²) in [4.78, 5) is 13.3. The fraction of sp³-hybridized carbons (Fsp3) is 0.545. The molecule has 43 heavy (non-hydrogen) atoms. The van der Waals surface area contributed by atoms with Crippen LogP contribution in [0, 0.1) is 0 Å². The lowest BCUT2D eigenvalue weighted by molar-refractivity contribution is 0.0654. The molecule has 3 aliphatic heterocycles. The Bertz CT molecular complexity index is 1540. The average molecular weight is 625 g/mol. The number of benzene rings is 2. The monoisotopic (exact) mass is 624 g/mol. The van der Waals surface area contributed by atoms with Gasteiger partial charge in [0.25, 0.3) is 0 Å². The van der Waals surface area contributed by atoms with Crippen LogP contribution >= 0.6 is 0 Å². The van der Waals surface area contributed by atoms with E-state index in [0.717, 1.165) is 50.4 Å². The zero-order chi connectivity index (χ0) is 30.0. The highest BCUT2D eigenvalue weighted by atomic mass is 32.2. The number of hydrogen-bond donors (Lipinski definition) is 0. The van der Waals surface area contributed by atoms with Gasteiger partial charge in [-0.05, 0) is 114 Å². The molecule has 0 spiro atoms. The van der Waals surface area contributed by atoms with Gasteiger partial charge in [-0.15, -0.1) is 0 Å². The fourth-order valence-electron chi connectivity index (χ4n) is 7.20. The molecule has 10 heteroatoms. The van der Waals surface area contributed by atoms with Gasteiger partial charge in [0.05, 0.1) is 22.7 Å². The summed E-state index contributed by atoms with van der Waals surface area (Å²) >= 11 is 0. The average Bonchev–Trinajstić information content (AvgIpc) is 3.05. The molecule has 0 saturated carbocycles. The number of anilines is 1. The minimum Gasteiger partial charge on any atom is -0.494 e. The molecule has 3 aliphatic rings. The van der Waals surface area contributed by atoms with Crippen LogP contribution in [0.15, 0.2) is 63.3 Å². The molecule has 2 aromatic carbocycles. The first-order chi connectivity index (χ1) is 20.8. The van der Waals surface area contributed by atoms with Crippen molar-refractivity contribution in [1.29, 1.82) is 0 Å². The number of nitrogens with zero attached hydrogens (tertiary/aromatic N) is 4. The van der Waals surface area contributed by atoms with Gasteiger partial charge in [-0.3, -0.25) is 9.19 Å². The molecule has 0 aliphatic carbocycles. The van der Waals surface area contributed by atoms with E-state index in [9.17, 15) is 12.6 Å². The molecule has 0 bridgehead atoms. The SMILES string of the molecule is CCOc1ccc(S(=O)(=O)c2cnc3ccc([S@](C)=O)cc3c2N2CCC(N3CCC(N4CCCCC4)CC3)CC2)cc1. The summed E-state index contributed by atoms with van der Waals surface area (Å²) in [5, 5.41) is 0.737. The van der Waals surface area contributed by atoms with E-state index in [1.807, 2.05) is 25.1 Å². The van der Waals surface area contributed by atoms with Gasteiger partial charge in [0.1, 0.15) is 10.6 Å². The Morgan fingerprint density at radius 3 is 2.12 bits per heavy atom. The van der Waals surface area contributed by atoms with Gasteiger partial charge in [0.2, 0.25) is 9.84 Å². The second kappa shape index (κ2) is 13.2. The van der Waals surface area contributed by atoms with E-state index in [4.69, 9.17) is 4.74 Å². The third-order valence-electron chi connectivity index (χ3n) is 9.55. The Labute approximate surface area is 258 Å². The molecule has 1 atom stereocenters. The number of ether oxygens (including phenoxy) is 1. The maximum absolute atomic E-state index is 14.1. The largest absolute Gasteiger partial charge is 0.494 e. The highest BCUT2D eigenvalue weighted by Crippen LogP contribution is 2.39. The van der Waals surface area contributed by atoms with Crippen molar-refractivity contribution in [2.45, 2.75) is 78.6 Å². The number of aromatic nitrogens is 1. The lowest BCUT2D eigenvalue weighted by atomic mass is 9.95. The maximum atomic E-state index is 14.1. The van der Waals surface area contributed by atoms with Crippen LogP contribution in [-0.2, 0) is 20.6 Å². The number of sulfone groups is 1. The molecule has 0 amide bonds. The number of rotatable bonds is 8. The summed E-state index contributed by atoms with van der Waals surface area (Å²) < 4.78 is 46.2. The standard InChI is InChI=1S/C33H44N4O4S2/c1-3-41-27-7-10-29(11-8-27)43(39,40)32-24-34-31-12-9-28(42(2)38)23-30(31)33(32)37-21-15-26(16-22-37)36-19-13-25(14-20-36)35-17-5-4-6-18-35/h7-12,23-26H,3-6,13-22H2,1-2H3/t42-/m0/s1.